The standard InChI is InChI=1S/C10H18SeSi2/c1-12(2,3)9-7-11-8-10-13(4,5)6/h1-6H3. The van der Waals surface area contributed by atoms with Gasteiger partial charge in [0, 0.05) is 0 Å². The van der Waals surface area contributed by atoms with E-state index in [9.17, 15) is 0 Å². The van der Waals surface area contributed by atoms with Crippen LogP contribution in [0.3, 0.4) is 0 Å². The molecule has 0 aromatic rings. The first kappa shape index (κ1) is 13.1. The maximum absolute atomic E-state index is 3.34. The fraction of sp³-hybridized carbons (Fsp3) is 0.600. The van der Waals surface area contributed by atoms with Crippen LogP contribution in [0.4, 0.5) is 0 Å². The van der Waals surface area contributed by atoms with Crippen molar-refractivity contribution in [2.24, 2.45) is 0 Å². The number of rotatable bonds is 0. The van der Waals surface area contributed by atoms with Gasteiger partial charge in [-0.1, -0.05) is 0 Å². The van der Waals surface area contributed by atoms with E-state index in [2.05, 4.69) is 60.0 Å². The molecule has 0 N–H and O–H groups in total. The molecular formula is C10H18SeSi2. The van der Waals surface area contributed by atoms with E-state index in [1.165, 1.54) is 0 Å². The first-order chi connectivity index (χ1) is 5.71. The van der Waals surface area contributed by atoms with Crippen molar-refractivity contribution in [3.05, 3.63) is 0 Å². The van der Waals surface area contributed by atoms with Crippen LogP contribution in [-0.4, -0.2) is 31.1 Å². The van der Waals surface area contributed by atoms with Gasteiger partial charge in [0.15, 0.2) is 0 Å². The van der Waals surface area contributed by atoms with Crippen molar-refractivity contribution in [3.8, 4) is 20.7 Å². The van der Waals surface area contributed by atoms with Gasteiger partial charge < -0.3 is 0 Å². The molecule has 0 rings (SSSR count). The molecule has 3 heteroatoms. The summed E-state index contributed by atoms with van der Waals surface area (Å²) < 4.78 is 0. The fourth-order valence-electron chi connectivity index (χ4n) is 0.383. The predicted octanol–water partition coefficient (Wildman–Crippen LogP) is 2.37. The number of hydrogen-bond acceptors (Lipinski definition) is 0. The molecule has 72 valence electrons. The molecule has 0 aromatic carbocycles. The molecule has 0 aliphatic heterocycles. The second-order valence-electron chi connectivity index (χ2n) is 5.06. The maximum atomic E-state index is 3.34. The van der Waals surface area contributed by atoms with Gasteiger partial charge in [0.1, 0.15) is 0 Å². The van der Waals surface area contributed by atoms with Gasteiger partial charge in [-0.15, -0.1) is 0 Å². The Morgan fingerprint density at radius 3 is 1.23 bits per heavy atom. The second kappa shape index (κ2) is 5.08. The molecule has 0 atom stereocenters. The zero-order valence-electron chi connectivity index (χ0n) is 9.41. The zero-order chi connectivity index (χ0) is 10.5. The van der Waals surface area contributed by atoms with Gasteiger partial charge in [-0.2, -0.15) is 0 Å². The summed E-state index contributed by atoms with van der Waals surface area (Å²) in [5, 5.41) is 0. The Hall–Kier alpha value is 0.0732. The minimum atomic E-state index is -1.16. The summed E-state index contributed by atoms with van der Waals surface area (Å²) >= 11 is 0.237. The van der Waals surface area contributed by atoms with E-state index in [1.807, 2.05) is 0 Å². The first-order valence-electron chi connectivity index (χ1n) is 4.41. The van der Waals surface area contributed by atoms with Gasteiger partial charge in [-0.25, -0.2) is 0 Å². The molecule has 0 nitrogen and oxygen atoms in total. The van der Waals surface area contributed by atoms with Crippen LogP contribution in [0.15, 0.2) is 0 Å². The SMILES string of the molecule is C[Si](C)(C)C#C[Se]C#C[Si](C)(C)C. The van der Waals surface area contributed by atoms with E-state index in [4.69, 9.17) is 0 Å². The molecule has 0 unspecified atom stereocenters. The van der Waals surface area contributed by atoms with Gasteiger partial charge in [0.25, 0.3) is 0 Å². The Labute approximate surface area is 91.1 Å². The molecule has 13 heavy (non-hydrogen) atoms. The third kappa shape index (κ3) is 12.1. The van der Waals surface area contributed by atoms with Crippen LogP contribution in [0.25, 0.3) is 0 Å². The Morgan fingerprint density at radius 2 is 1.00 bits per heavy atom. The van der Waals surface area contributed by atoms with Crippen LogP contribution < -0.4 is 0 Å². The average molecular weight is 273 g/mol. The third-order valence-electron chi connectivity index (χ3n) is 0.954. The Bertz CT molecular complexity index is 242. The van der Waals surface area contributed by atoms with Gasteiger partial charge in [-0.3, -0.25) is 0 Å². The van der Waals surface area contributed by atoms with Crippen molar-refractivity contribution in [3.63, 3.8) is 0 Å². The van der Waals surface area contributed by atoms with Crippen molar-refractivity contribution in [2.75, 3.05) is 0 Å². The molecule has 0 aliphatic rings. The Balaban J connectivity index is 4.03. The number of hydrogen-bond donors (Lipinski definition) is 0. The van der Waals surface area contributed by atoms with E-state index in [1.54, 1.807) is 0 Å². The van der Waals surface area contributed by atoms with E-state index >= 15 is 0 Å². The van der Waals surface area contributed by atoms with E-state index < -0.39 is 16.1 Å². The van der Waals surface area contributed by atoms with Crippen molar-refractivity contribution >= 4 is 31.1 Å². The Kier molecular flexibility index (Phi) is 5.11. The molecule has 0 spiro atoms. The van der Waals surface area contributed by atoms with Crippen molar-refractivity contribution < 1.29 is 0 Å². The summed E-state index contributed by atoms with van der Waals surface area (Å²) in [6, 6.07) is 0. The summed E-state index contributed by atoms with van der Waals surface area (Å²) in [7, 11) is -2.31. The van der Waals surface area contributed by atoms with Crippen molar-refractivity contribution in [1.82, 2.24) is 0 Å². The molecule has 0 saturated heterocycles. The molecule has 0 bridgehead atoms. The van der Waals surface area contributed by atoms with Crippen molar-refractivity contribution in [1.29, 1.82) is 0 Å². The van der Waals surface area contributed by atoms with Crippen molar-refractivity contribution in [2.45, 2.75) is 39.3 Å². The quantitative estimate of drug-likeness (QED) is 0.469. The molecule has 0 radical (unpaired) electrons. The van der Waals surface area contributed by atoms with Crippen LogP contribution in [0.1, 0.15) is 0 Å². The van der Waals surface area contributed by atoms with Crippen LogP contribution >= 0.6 is 0 Å². The molecule has 0 aliphatic carbocycles. The summed E-state index contributed by atoms with van der Waals surface area (Å²) in [4.78, 5) is 6.44. The predicted molar refractivity (Wildman–Crippen MR) is 68.0 cm³/mol. The van der Waals surface area contributed by atoms with E-state index in [0.29, 0.717) is 0 Å². The Morgan fingerprint density at radius 1 is 0.692 bits per heavy atom. The fourth-order valence-corrected chi connectivity index (χ4v) is 5.70. The van der Waals surface area contributed by atoms with Gasteiger partial charge in [-0.05, 0) is 0 Å². The van der Waals surface area contributed by atoms with Crippen LogP contribution in [0.2, 0.25) is 39.3 Å². The molecule has 0 saturated carbocycles. The average Bonchev–Trinajstić information content (AvgIpc) is 1.81. The molecular weight excluding hydrogens is 255 g/mol. The summed E-state index contributed by atoms with van der Waals surface area (Å²) in [5.41, 5.74) is 6.68. The minimum absolute atomic E-state index is 0.237. The van der Waals surface area contributed by atoms with E-state index in [0.717, 1.165) is 0 Å². The topological polar surface area (TPSA) is 0 Å². The first-order valence-corrected chi connectivity index (χ1v) is 13.1. The summed E-state index contributed by atoms with van der Waals surface area (Å²) in [6.45, 7) is 13.6. The van der Waals surface area contributed by atoms with Crippen LogP contribution in [0.5, 0.6) is 0 Å². The van der Waals surface area contributed by atoms with Crippen LogP contribution in [0, 0.1) is 20.7 Å². The van der Waals surface area contributed by atoms with E-state index in [-0.39, 0.29) is 15.0 Å². The van der Waals surface area contributed by atoms with Gasteiger partial charge in [0.2, 0.25) is 0 Å². The summed E-state index contributed by atoms with van der Waals surface area (Å²) in [5.74, 6) is 0. The molecule has 0 aromatic heterocycles. The van der Waals surface area contributed by atoms with Crippen LogP contribution in [-0.2, 0) is 0 Å². The molecule has 0 fully saturated rings. The molecule has 0 amide bonds. The second-order valence-corrected chi connectivity index (χ2v) is 15.8. The zero-order valence-corrected chi connectivity index (χ0v) is 13.1. The van der Waals surface area contributed by atoms with Gasteiger partial charge in [0.05, 0.1) is 0 Å². The monoisotopic (exact) mass is 274 g/mol. The normalized spacial score (nSPS) is 10.9. The third-order valence-corrected chi connectivity index (χ3v) is 4.37. The van der Waals surface area contributed by atoms with Gasteiger partial charge >= 0.3 is 91.1 Å². The molecule has 0 heterocycles. The summed E-state index contributed by atoms with van der Waals surface area (Å²) in [6.07, 6.45) is 0.